The van der Waals surface area contributed by atoms with Crippen molar-refractivity contribution in [2.24, 2.45) is 5.92 Å². The molecule has 1 aromatic heterocycles. The Hall–Kier alpha value is -5.07. The molecule has 1 saturated heterocycles. The van der Waals surface area contributed by atoms with Gasteiger partial charge < -0.3 is 4.74 Å². The van der Waals surface area contributed by atoms with Gasteiger partial charge in [0.25, 0.3) is 0 Å². The lowest BCUT2D eigenvalue weighted by atomic mass is 10.0. The van der Waals surface area contributed by atoms with Gasteiger partial charge in [0.05, 0.1) is 22.1 Å². The number of thioether (sulfide) groups is 1. The summed E-state index contributed by atoms with van der Waals surface area (Å²) in [5, 5.41) is 9.24. The molecule has 1 aliphatic rings. The second-order valence-corrected chi connectivity index (χ2v) is 11.9. The minimum Gasteiger partial charge on any atom is -0.454 e. The van der Waals surface area contributed by atoms with Crippen LogP contribution < -0.4 is 4.90 Å². The highest BCUT2D eigenvalue weighted by molar-refractivity contribution is 8.00. The van der Waals surface area contributed by atoms with Gasteiger partial charge in [0.15, 0.2) is 12.4 Å². The lowest BCUT2D eigenvalue weighted by molar-refractivity contribution is -0.121. The molecule has 5 rings (SSSR count). The highest BCUT2D eigenvalue weighted by Crippen LogP contribution is 2.35. The monoisotopic (exact) mass is 603 g/mol. The van der Waals surface area contributed by atoms with Crippen molar-refractivity contribution in [3.63, 3.8) is 0 Å². The third kappa shape index (κ3) is 6.93. The Kier molecular flexibility index (Phi) is 9.32. The molecule has 0 spiro atoms. The van der Waals surface area contributed by atoms with Crippen LogP contribution in [0, 0.1) is 17.2 Å². The lowest BCUT2D eigenvalue weighted by Crippen LogP contribution is -2.31. The Bertz CT molecular complexity index is 1750. The van der Waals surface area contributed by atoms with Gasteiger partial charge in [-0.3, -0.25) is 14.4 Å². The number of ketones is 1. The molecule has 9 heteroatoms. The van der Waals surface area contributed by atoms with E-state index in [4.69, 9.17) is 4.74 Å². The third-order valence-corrected chi connectivity index (χ3v) is 8.21. The summed E-state index contributed by atoms with van der Waals surface area (Å²) < 4.78 is 5.23. The van der Waals surface area contributed by atoms with Gasteiger partial charge in [0, 0.05) is 17.7 Å². The van der Waals surface area contributed by atoms with Crippen molar-refractivity contribution >= 4 is 41.0 Å². The van der Waals surface area contributed by atoms with Gasteiger partial charge in [-0.25, -0.2) is 14.7 Å². The average Bonchev–Trinajstić information content (AvgIpc) is 3.31. The molecule has 220 valence electrons. The van der Waals surface area contributed by atoms with Crippen molar-refractivity contribution in [2.75, 3.05) is 11.5 Å². The summed E-state index contributed by atoms with van der Waals surface area (Å²) in [6.07, 6.45) is 0.691. The lowest BCUT2D eigenvalue weighted by Gasteiger charge is -2.15. The zero-order chi connectivity index (χ0) is 31.2. The number of carbonyl (C=O) groups excluding carboxylic acids is 4. The van der Waals surface area contributed by atoms with Crippen LogP contribution >= 0.6 is 11.8 Å². The number of esters is 1. The topological polar surface area (TPSA) is 117 Å². The molecule has 1 aliphatic heterocycles. The van der Waals surface area contributed by atoms with E-state index >= 15 is 0 Å². The predicted molar refractivity (Wildman–Crippen MR) is 167 cm³/mol. The largest absolute Gasteiger partial charge is 0.454 e. The molecule has 1 fully saturated rings. The van der Waals surface area contributed by atoms with Crippen molar-refractivity contribution in [1.82, 2.24) is 4.98 Å². The molecular weight excluding hydrogens is 574 g/mol. The van der Waals surface area contributed by atoms with Crippen LogP contribution in [0.5, 0.6) is 0 Å². The van der Waals surface area contributed by atoms with Gasteiger partial charge in [-0.05, 0) is 59.9 Å². The zero-order valence-electron chi connectivity index (χ0n) is 24.2. The van der Waals surface area contributed by atoms with E-state index in [0.717, 1.165) is 39.9 Å². The van der Waals surface area contributed by atoms with Crippen molar-refractivity contribution in [3.8, 4) is 17.2 Å². The third-order valence-electron chi connectivity index (χ3n) is 7.02. The molecule has 8 nitrogen and oxygen atoms in total. The normalized spacial score (nSPS) is 14.5. The molecular formula is C35H29N3O5S. The van der Waals surface area contributed by atoms with E-state index in [-0.39, 0.29) is 23.7 Å². The number of rotatable bonds is 10. The average molecular weight is 604 g/mol. The van der Waals surface area contributed by atoms with Crippen molar-refractivity contribution in [2.45, 2.75) is 37.0 Å². The highest BCUT2D eigenvalue weighted by Gasteiger charge is 2.40. The summed E-state index contributed by atoms with van der Waals surface area (Å²) in [6.45, 7) is 3.71. The first-order valence-corrected chi connectivity index (χ1v) is 15.0. The van der Waals surface area contributed by atoms with Crippen LogP contribution in [0.1, 0.15) is 52.2 Å². The summed E-state index contributed by atoms with van der Waals surface area (Å²) in [7, 11) is 0. The Balaban J connectivity index is 1.19. The fraction of sp³-hybridized carbons (Fsp3) is 0.200. The van der Waals surface area contributed by atoms with Crippen molar-refractivity contribution in [3.05, 3.63) is 113 Å². The highest BCUT2D eigenvalue weighted by atomic mass is 32.2. The summed E-state index contributed by atoms with van der Waals surface area (Å²) in [6, 6.07) is 28.3. The maximum atomic E-state index is 13.3. The molecule has 1 unspecified atom stereocenters. The molecule has 0 aliphatic carbocycles. The molecule has 4 aromatic rings. The fourth-order valence-electron chi connectivity index (χ4n) is 4.81. The van der Waals surface area contributed by atoms with E-state index < -0.39 is 23.7 Å². The van der Waals surface area contributed by atoms with E-state index in [9.17, 15) is 24.4 Å². The number of Topliss-reactive ketones (excluding diaryl/α,β-unsaturated/α-hetero) is 1. The van der Waals surface area contributed by atoms with Gasteiger partial charge in [-0.15, -0.1) is 0 Å². The molecule has 0 bridgehead atoms. The molecule has 3 aromatic carbocycles. The van der Waals surface area contributed by atoms with Gasteiger partial charge in [0.1, 0.15) is 11.1 Å². The number of pyridine rings is 1. The SMILES string of the molecule is CC(C)Cc1ccc(C#N)c(SC2CC(=O)N(c3ccc(C(=O)OCC(=O)c4ccc(-c5ccccc5)cc4)cc3)C2=O)n1. The number of carbonyl (C=O) groups is 4. The Morgan fingerprint density at radius 2 is 1.59 bits per heavy atom. The van der Waals surface area contributed by atoms with Crippen molar-refractivity contribution < 1.29 is 23.9 Å². The second kappa shape index (κ2) is 13.5. The summed E-state index contributed by atoms with van der Waals surface area (Å²) >= 11 is 1.12. The first kappa shape index (κ1) is 30.4. The zero-order valence-corrected chi connectivity index (χ0v) is 25.0. The van der Waals surface area contributed by atoms with Crippen LogP contribution in [0.25, 0.3) is 11.1 Å². The van der Waals surface area contributed by atoms with E-state index in [2.05, 4.69) is 24.9 Å². The molecule has 0 radical (unpaired) electrons. The Morgan fingerprint density at radius 1 is 0.932 bits per heavy atom. The van der Waals surface area contributed by atoms with E-state index in [0.29, 0.717) is 27.8 Å². The number of ether oxygens (including phenoxy) is 1. The van der Waals surface area contributed by atoms with Gasteiger partial charge in [-0.2, -0.15) is 5.26 Å². The predicted octanol–water partition coefficient (Wildman–Crippen LogP) is 6.28. The summed E-state index contributed by atoms with van der Waals surface area (Å²) in [4.78, 5) is 57.0. The quantitative estimate of drug-likeness (QED) is 0.118. The van der Waals surface area contributed by atoms with Crippen LogP contribution in [0.4, 0.5) is 5.69 Å². The van der Waals surface area contributed by atoms with Crippen molar-refractivity contribution in [1.29, 1.82) is 5.26 Å². The number of hydrogen-bond acceptors (Lipinski definition) is 8. The first-order valence-electron chi connectivity index (χ1n) is 14.1. The molecule has 1 atom stereocenters. The van der Waals surface area contributed by atoms with Crippen LogP contribution in [-0.2, 0) is 20.7 Å². The number of hydrogen-bond donors (Lipinski definition) is 0. The Morgan fingerprint density at radius 3 is 2.25 bits per heavy atom. The Labute approximate surface area is 259 Å². The number of nitrogens with zero attached hydrogens (tertiary/aromatic N) is 3. The van der Waals surface area contributed by atoms with Crippen LogP contribution in [0.3, 0.4) is 0 Å². The number of imide groups is 1. The molecule has 2 heterocycles. The number of anilines is 1. The van der Waals surface area contributed by atoms with Crippen LogP contribution in [0.15, 0.2) is 96.0 Å². The number of benzene rings is 3. The van der Waals surface area contributed by atoms with Gasteiger partial charge in [-0.1, -0.05) is 80.2 Å². The second-order valence-electron chi connectivity index (χ2n) is 10.7. The maximum Gasteiger partial charge on any atom is 0.338 e. The first-order chi connectivity index (χ1) is 21.2. The number of aromatic nitrogens is 1. The van der Waals surface area contributed by atoms with Gasteiger partial charge >= 0.3 is 5.97 Å². The van der Waals surface area contributed by atoms with Crippen LogP contribution in [0.2, 0.25) is 0 Å². The maximum absolute atomic E-state index is 13.3. The molecule has 0 saturated carbocycles. The van der Waals surface area contributed by atoms with E-state index in [1.54, 1.807) is 18.2 Å². The number of nitriles is 1. The molecule has 44 heavy (non-hydrogen) atoms. The minimum atomic E-state index is -0.728. The standard InChI is InChI=1S/C35H29N3O5S/c1-22(2)18-28-15-12-27(20-36)33(37-28)44-31-19-32(40)38(34(31)41)29-16-13-26(14-17-29)35(42)43-21-30(39)25-10-8-24(9-11-25)23-6-4-3-5-7-23/h3-17,22,31H,18-19,21H2,1-2H3. The van der Waals surface area contributed by atoms with E-state index in [1.807, 2.05) is 48.5 Å². The summed E-state index contributed by atoms with van der Waals surface area (Å²) in [5.41, 5.74) is 4.10. The molecule has 0 N–H and O–H groups in total. The fourth-order valence-corrected chi connectivity index (χ4v) is 5.92. The van der Waals surface area contributed by atoms with Crippen LogP contribution in [-0.4, -0.2) is 40.4 Å². The number of amides is 2. The minimum absolute atomic E-state index is 0.0390. The van der Waals surface area contributed by atoms with Gasteiger partial charge in [0.2, 0.25) is 11.8 Å². The summed E-state index contributed by atoms with van der Waals surface area (Å²) in [5.74, 6) is -1.47. The molecule has 2 amide bonds. The van der Waals surface area contributed by atoms with E-state index in [1.165, 1.54) is 24.3 Å². The smallest absolute Gasteiger partial charge is 0.338 e.